The van der Waals surface area contributed by atoms with Crippen LogP contribution >= 0.6 is 0 Å². The number of rotatable bonds is 2. The van der Waals surface area contributed by atoms with E-state index in [9.17, 15) is 4.79 Å². The number of nitrogens with zero attached hydrogens (tertiary/aromatic N) is 1. The summed E-state index contributed by atoms with van der Waals surface area (Å²) in [6.07, 6.45) is 6.30. The van der Waals surface area contributed by atoms with E-state index >= 15 is 0 Å². The first kappa shape index (κ1) is 12.6. The number of carbonyl (C=O) groups excluding carboxylic acids is 1. The highest BCUT2D eigenvalue weighted by Gasteiger charge is 2.34. The molecule has 1 N–H and O–H groups in total. The summed E-state index contributed by atoms with van der Waals surface area (Å²) in [7, 11) is 0. The monoisotopic (exact) mass is 262 g/mol. The van der Waals surface area contributed by atoms with E-state index in [-0.39, 0.29) is 24.2 Å². The molecule has 19 heavy (non-hydrogen) atoms. The number of carbonyl (C=O) groups is 1. The van der Waals surface area contributed by atoms with Crippen molar-refractivity contribution < 1.29 is 14.3 Å². The lowest BCUT2D eigenvalue weighted by atomic mass is 9.89. The molecule has 0 radical (unpaired) electrons. The molecule has 5 nitrogen and oxygen atoms in total. The normalized spacial score (nSPS) is 30.4. The molecule has 0 unspecified atom stereocenters. The fraction of sp³-hybridized carbons (Fsp3) is 0.571. The average Bonchev–Trinajstić information content (AvgIpc) is 2.48. The maximum Gasteiger partial charge on any atom is 0.253 e. The van der Waals surface area contributed by atoms with Crippen LogP contribution in [0.15, 0.2) is 24.5 Å². The Morgan fingerprint density at radius 3 is 2.89 bits per heavy atom. The number of hydrogen-bond acceptors (Lipinski definition) is 4. The van der Waals surface area contributed by atoms with Crippen molar-refractivity contribution in [2.24, 2.45) is 0 Å². The van der Waals surface area contributed by atoms with E-state index in [1.165, 1.54) is 0 Å². The van der Waals surface area contributed by atoms with Crippen molar-refractivity contribution in [1.82, 2.24) is 10.3 Å². The van der Waals surface area contributed by atoms with Gasteiger partial charge in [0.05, 0.1) is 31.0 Å². The number of fused-ring (bicyclic) bond motifs is 1. The molecule has 1 aliphatic heterocycles. The maximum absolute atomic E-state index is 12.0. The Morgan fingerprint density at radius 2 is 2.11 bits per heavy atom. The fourth-order valence-electron chi connectivity index (χ4n) is 2.76. The third-order valence-electron chi connectivity index (χ3n) is 3.74. The Bertz CT molecular complexity index is 438. The SMILES string of the molecule is O=C(N[C@@H]1CC[C@@H]2OCCO[C@@H]2C1)c1cccnc1. The predicted molar refractivity (Wildman–Crippen MR) is 68.8 cm³/mol. The zero-order valence-electron chi connectivity index (χ0n) is 10.7. The average molecular weight is 262 g/mol. The number of aromatic nitrogens is 1. The van der Waals surface area contributed by atoms with Gasteiger partial charge < -0.3 is 14.8 Å². The van der Waals surface area contributed by atoms with Crippen LogP contribution in [0.2, 0.25) is 0 Å². The molecular weight excluding hydrogens is 244 g/mol. The van der Waals surface area contributed by atoms with Crippen molar-refractivity contribution in [2.75, 3.05) is 13.2 Å². The zero-order valence-corrected chi connectivity index (χ0v) is 10.7. The Morgan fingerprint density at radius 1 is 1.26 bits per heavy atom. The first-order chi connectivity index (χ1) is 9.33. The third-order valence-corrected chi connectivity index (χ3v) is 3.74. The maximum atomic E-state index is 12.0. The minimum absolute atomic E-state index is 0.0618. The van der Waals surface area contributed by atoms with Gasteiger partial charge in [0, 0.05) is 18.4 Å². The molecule has 2 fully saturated rings. The predicted octanol–water partition coefficient (Wildman–Crippen LogP) is 1.15. The lowest BCUT2D eigenvalue weighted by molar-refractivity contribution is -0.157. The van der Waals surface area contributed by atoms with Gasteiger partial charge in [-0.1, -0.05) is 0 Å². The lowest BCUT2D eigenvalue weighted by Crippen LogP contribution is -2.49. The highest BCUT2D eigenvalue weighted by molar-refractivity contribution is 5.94. The molecule has 3 atom stereocenters. The minimum atomic E-state index is -0.0618. The smallest absolute Gasteiger partial charge is 0.253 e. The summed E-state index contributed by atoms with van der Waals surface area (Å²) < 4.78 is 11.4. The second-order valence-corrected chi connectivity index (χ2v) is 5.04. The Kier molecular flexibility index (Phi) is 3.75. The first-order valence-electron chi connectivity index (χ1n) is 6.77. The second-order valence-electron chi connectivity index (χ2n) is 5.04. The lowest BCUT2D eigenvalue weighted by Gasteiger charge is -2.39. The van der Waals surface area contributed by atoms with Gasteiger partial charge in [0.15, 0.2) is 0 Å². The first-order valence-corrected chi connectivity index (χ1v) is 6.77. The summed E-state index contributed by atoms with van der Waals surface area (Å²) in [6, 6.07) is 3.70. The molecule has 1 amide bonds. The van der Waals surface area contributed by atoms with Crippen LogP contribution in [0.1, 0.15) is 29.6 Å². The van der Waals surface area contributed by atoms with Crippen LogP contribution in [0.4, 0.5) is 0 Å². The van der Waals surface area contributed by atoms with Crippen LogP contribution < -0.4 is 5.32 Å². The molecule has 1 aromatic heterocycles. The van der Waals surface area contributed by atoms with Crippen molar-refractivity contribution in [1.29, 1.82) is 0 Å². The van der Waals surface area contributed by atoms with Gasteiger partial charge in [-0.25, -0.2) is 0 Å². The zero-order chi connectivity index (χ0) is 13.1. The van der Waals surface area contributed by atoms with E-state index < -0.39 is 0 Å². The summed E-state index contributed by atoms with van der Waals surface area (Å²) >= 11 is 0. The van der Waals surface area contributed by atoms with Crippen LogP contribution in [0.25, 0.3) is 0 Å². The third kappa shape index (κ3) is 2.93. The molecular formula is C14H18N2O3. The number of hydrogen-bond donors (Lipinski definition) is 1. The molecule has 1 saturated heterocycles. The molecule has 0 bridgehead atoms. The summed E-state index contributed by atoms with van der Waals surface area (Å²) in [5, 5.41) is 3.05. The van der Waals surface area contributed by atoms with Gasteiger partial charge in [0.1, 0.15) is 0 Å². The summed E-state index contributed by atoms with van der Waals surface area (Å²) in [4.78, 5) is 16.0. The Hall–Kier alpha value is -1.46. The van der Waals surface area contributed by atoms with Gasteiger partial charge in [-0.15, -0.1) is 0 Å². The quantitative estimate of drug-likeness (QED) is 0.868. The van der Waals surface area contributed by atoms with Gasteiger partial charge in [-0.2, -0.15) is 0 Å². The molecule has 102 valence electrons. The molecule has 0 spiro atoms. The van der Waals surface area contributed by atoms with Crippen molar-refractivity contribution >= 4 is 5.91 Å². The molecule has 1 aliphatic carbocycles. The van der Waals surface area contributed by atoms with Crippen molar-refractivity contribution in [2.45, 2.75) is 37.5 Å². The van der Waals surface area contributed by atoms with Crippen LogP contribution in [0.3, 0.4) is 0 Å². The van der Waals surface area contributed by atoms with Crippen LogP contribution in [0, 0.1) is 0 Å². The second kappa shape index (κ2) is 5.67. The summed E-state index contributed by atoms with van der Waals surface area (Å²) in [6.45, 7) is 1.35. The molecule has 0 aromatic carbocycles. The molecule has 5 heteroatoms. The molecule has 2 aliphatic rings. The van der Waals surface area contributed by atoms with E-state index in [2.05, 4.69) is 10.3 Å². The van der Waals surface area contributed by atoms with E-state index in [0.717, 1.165) is 19.3 Å². The van der Waals surface area contributed by atoms with Gasteiger partial charge in [0.25, 0.3) is 5.91 Å². The highest BCUT2D eigenvalue weighted by Crippen LogP contribution is 2.26. The molecule has 3 rings (SSSR count). The Balaban J connectivity index is 1.57. The van der Waals surface area contributed by atoms with Crippen molar-refractivity contribution in [3.05, 3.63) is 30.1 Å². The van der Waals surface area contributed by atoms with Gasteiger partial charge in [-0.3, -0.25) is 9.78 Å². The van der Waals surface area contributed by atoms with E-state index in [1.807, 2.05) is 0 Å². The van der Waals surface area contributed by atoms with Crippen molar-refractivity contribution in [3.63, 3.8) is 0 Å². The van der Waals surface area contributed by atoms with E-state index in [0.29, 0.717) is 18.8 Å². The largest absolute Gasteiger partial charge is 0.373 e. The van der Waals surface area contributed by atoms with Crippen LogP contribution in [-0.2, 0) is 9.47 Å². The van der Waals surface area contributed by atoms with Gasteiger partial charge in [-0.05, 0) is 31.4 Å². The molecule has 2 heterocycles. The van der Waals surface area contributed by atoms with E-state index in [1.54, 1.807) is 24.5 Å². The summed E-state index contributed by atoms with van der Waals surface area (Å²) in [5.41, 5.74) is 0.602. The van der Waals surface area contributed by atoms with Crippen LogP contribution in [-0.4, -0.2) is 42.4 Å². The Labute approximate surface area is 112 Å². The summed E-state index contributed by atoms with van der Waals surface area (Å²) in [5.74, 6) is -0.0618. The minimum Gasteiger partial charge on any atom is -0.373 e. The van der Waals surface area contributed by atoms with Crippen LogP contribution in [0.5, 0.6) is 0 Å². The van der Waals surface area contributed by atoms with Gasteiger partial charge in [0.2, 0.25) is 0 Å². The fourth-order valence-corrected chi connectivity index (χ4v) is 2.76. The van der Waals surface area contributed by atoms with E-state index in [4.69, 9.17) is 9.47 Å². The molecule has 1 aromatic rings. The number of amides is 1. The molecule has 1 saturated carbocycles. The van der Waals surface area contributed by atoms with Crippen molar-refractivity contribution in [3.8, 4) is 0 Å². The number of ether oxygens (including phenoxy) is 2. The van der Waals surface area contributed by atoms with Gasteiger partial charge >= 0.3 is 0 Å². The number of nitrogens with one attached hydrogen (secondary N) is 1. The standard InChI is InChI=1S/C14H18N2O3/c17-14(10-2-1-5-15-9-10)16-11-3-4-12-13(8-11)19-7-6-18-12/h1-2,5,9,11-13H,3-4,6-8H2,(H,16,17)/t11-,12+,13-/m1/s1. The topological polar surface area (TPSA) is 60.5 Å². The number of pyridine rings is 1. The highest BCUT2D eigenvalue weighted by atomic mass is 16.6.